The maximum Gasteiger partial charge on any atom is 0.336 e. The lowest BCUT2D eigenvalue weighted by Crippen LogP contribution is -2.13. The normalized spacial score (nSPS) is 10.8. The van der Waals surface area contributed by atoms with Gasteiger partial charge in [0.05, 0.1) is 31.6 Å². The summed E-state index contributed by atoms with van der Waals surface area (Å²) in [5.74, 6) is 1.42. The molecule has 3 aromatic carbocycles. The van der Waals surface area contributed by atoms with Crippen molar-refractivity contribution in [3.8, 4) is 34.6 Å². The Morgan fingerprint density at radius 3 is 2.29 bits per heavy atom. The fourth-order valence-electron chi connectivity index (χ4n) is 3.49. The summed E-state index contributed by atoms with van der Waals surface area (Å²) in [7, 11) is 3.08. The number of methoxy groups -OCH3 is 2. The van der Waals surface area contributed by atoms with Crippen LogP contribution < -0.4 is 19.5 Å². The number of benzene rings is 3. The maximum atomic E-state index is 12.8. The summed E-state index contributed by atoms with van der Waals surface area (Å²) in [5, 5.41) is 7.47. The molecule has 0 saturated carbocycles. The molecule has 0 saturated heterocycles. The van der Waals surface area contributed by atoms with Crippen molar-refractivity contribution in [1.82, 2.24) is 14.8 Å². The van der Waals surface area contributed by atoms with Crippen molar-refractivity contribution in [2.24, 2.45) is 0 Å². The lowest BCUT2D eigenvalue weighted by molar-refractivity contribution is 0.102. The van der Waals surface area contributed by atoms with Crippen LogP contribution >= 0.6 is 0 Å². The van der Waals surface area contributed by atoms with Crippen LogP contribution in [0.1, 0.15) is 29.8 Å². The zero-order valence-corrected chi connectivity index (χ0v) is 20.4. The van der Waals surface area contributed by atoms with E-state index in [2.05, 4.69) is 15.4 Å². The number of rotatable bonds is 8. The Kier molecular flexibility index (Phi) is 7.01. The van der Waals surface area contributed by atoms with Crippen LogP contribution in [-0.2, 0) is 0 Å². The van der Waals surface area contributed by atoms with E-state index in [1.54, 1.807) is 30.0 Å². The predicted octanol–water partition coefficient (Wildman–Crippen LogP) is 5.30. The molecule has 4 aromatic rings. The van der Waals surface area contributed by atoms with Gasteiger partial charge >= 0.3 is 6.01 Å². The number of hydrogen-bond acceptors (Lipinski definition) is 6. The van der Waals surface area contributed by atoms with E-state index >= 15 is 0 Å². The van der Waals surface area contributed by atoms with Gasteiger partial charge in [0.25, 0.3) is 5.91 Å². The summed E-state index contributed by atoms with van der Waals surface area (Å²) in [6, 6.07) is 20.8. The lowest BCUT2D eigenvalue weighted by Gasteiger charge is -2.11. The topological polar surface area (TPSA) is 87.5 Å². The van der Waals surface area contributed by atoms with Crippen molar-refractivity contribution in [1.29, 1.82) is 0 Å². The number of amides is 1. The highest BCUT2D eigenvalue weighted by molar-refractivity contribution is 6.06. The van der Waals surface area contributed by atoms with Gasteiger partial charge in [-0.05, 0) is 57.2 Å². The average molecular weight is 473 g/mol. The van der Waals surface area contributed by atoms with Crippen molar-refractivity contribution in [2.75, 3.05) is 19.5 Å². The number of nitrogens with one attached hydrogen (secondary N) is 1. The first-order valence-electron chi connectivity index (χ1n) is 11.2. The zero-order valence-electron chi connectivity index (χ0n) is 20.4. The number of anilines is 1. The number of aromatic nitrogens is 3. The fourth-order valence-corrected chi connectivity index (χ4v) is 3.49. The van der Waals surface area contributed by atoms with E-state index < -0.39 is 0 Å². The van der Waals surface area contributed by atoms with E-state index in [1.807, 2.05) is 69.3 Å². The second-order valence-corrected chi connectivity index (χ2v) is 8.23. The Labute approximate surface area is 204 Å². The molecular weight excluding hydrogens is 444 g/mol. The maximum absolute atomic E-state index is 12.8. The van der Waals surface area contributed by atoms with Gasteiger partial charge in [-0.15, -0.1) is 5.10 Å². The van der Waals surface area contributed by atoms with Gasteiger partial charge in [0.1, 0.15) is 11.5 Å². The number of aryl methyl sites for hydroxylation is 1. The summed E-state index contributed by atoms with van der Waals surface area (Å²) in [6.07, 6.45) is -0.0516. The Morgan fingerprint density at radius 1 is 0.943 bits per heavy atom. The van der Waals surface area contributed by atoms with Gasteiger partial charge in [-0.25, -0.2) is 4.68 Å². The van der Waals surface area contributed by atoms with E-state index in [0.29, 0.717) is 34.6 Å². The number of carbonyl (C=O) groups excluding carboxylic acids is 1. The monoisotopic (exact) mass is 472 g/mol. The smallest absolute Gasteiger partial charge is 0.336 e. The van der Waals surface area contributed by atoms with Crippen LogP contribution in [-0.4, -0.2) is 41.0 Å². The zero-order chi connectivity index (χ0) is 24.9. The van der Waals surface area contributed by atoms with Crippen LogP contribution in [0, 0.1) is 6.92 Å². The summed E-state index contributed by atoms with van der Waals surface area (Å²) >= 11 is 0. The Balaban J connectivity index is 1.60. The summed E-state index contributed by atoms with van der Waals surface area (Å²) in [6.45, 7) is 5.90. The van der Waals surface area contributed by atoms with Gasteiger partial charge in [-0.3, -0.25) is 4.79 Å². The van der Waals surface area contributed by atoms with E-state index in [4.69, 9.17) is 14.2 Å². The molecule has 0 bridgehead atoms. The summed E-state index contributed by atoms with van der Waals surface area (Å²) < 4.78 is 18.0. The fraction of sp³-hybridized carbons (Fsp3) is 0.222. The molecule has 0 unspecified atom stereocenters. The Bertz CT molecular complexity index is 1310. The minimum atomic E-state index is -0.286. The van der Waals surface area contributed by atoms with Gasteiger partial charge in [-0.1, -0.05) is 29.8 Å². The number of ether oxygens (including phenoxy) is 3. The molecule has 180 valence electrons. The molecule has 1 amide bonds. The van der Waals surface area contributed by atoms with Gasteiger partial charge in [-0.2, -0.15) is 4.98 Å². The molecular formula is C27H28N4O4. The van der Waals surface area contributed by atoms with Crippen molar-refractivity contribution in [2.45, 2.75) is 26.9 Å². The van der Waals surface area contributed by atoms with Crippen LogP contribution in [0.25, 0.3) is 17.1 Å². The van der Waals surface area contributed by atoms with Crippen molar-refractivity contribution in [3.05, 3.63) is 77.9 Å². The highest BCUT2D eigenvalue weighted by Gasteiger charge is 2.17. The van der Waals surface area contributed by atoms with Gasteiger partial charge in [0.2, 0.25) is 0 Å². The number of carbonyl (C=O) groups is 1. The quantitative estimate of drug-likeness (QED) is 0.374. The first kappa shape index (κ1) is 23.8. The second-order valence-electron chi connectivity index (χ2n) is 8.23. The molecule has 8 heteroatoms. The third kappa shape index (κ3) is 5.43. The third-order valence-corrected chi connectivity index (χ3v) is 5.26. The molecule has 1 aromatic heterocycles. The van der Waals surface area contributed by atoms with Crippen LogP contribution in [0.3, 0.4) is 0 Å². The van der Waals surface area contributed by atoms with Crippen LogP contribution in [0.4, 0.5) is 5.69 Å². The molecule has 0 aliphatic carbocycles. The van der Waals surface area contributed by atoms with E-state index in [9.17, 15) is 4.79 Å². The van der Waals surface area contributed by atoms with Gasteiger partial charge < -0.3 is 19.5 Å². The highest BCUT2D eigenvalue weighted by Crippen LogP contribution is 2.27. The standard InChI is InChI=1S/C27H28N4O4/c1-17(2)35-27-29-25(19-8-6-18(3)7-9-19)31(30-27)21-12-10-20(11-13-21)28-26(32)23-15-14-22(33-4)16-24(23)34-5/h6-17H,1-5H3,(H,28,32). The first-order chi connectivity index (χ1) is 16.9. The number of hydrogen-bond donors (Lipinski definition) is 1. The van der Waals surface area contributed by atoms with Crippen LogP contribution in [0.2, 0.25) is 0 Å². The molecule has 0 aliphatic heterocycles. The highest BCUT2D eigenvalue weighted by atomic mass is 16.5. The van der Waals surface area contributed by atoms with Crippen molar-refractivity contribution >= 4 is 11.6 Å². The third-order valence-electron chi connectivity index (χ3n) is 5.26. The van der Waals surface area contributed by atoms with E-state index in [0.717, 1.165) is 16.8 Å². The molecule has 4 rings (SSSR count). The van der Waals surface area contributed by atoms with Crippen LogP contribution in [0.5, 0.6) is 17.5 Å². The minimum Gasteiger partial charge on any atom is -0.497 e. The molecule has 0 spiro atoms. The predicted molar refractivity (Wildman–Crippen MR) is 135 cm³/mol. The molecule has 0 aliphatic rings. The second kappa shape index (κ2) is 10.3. The van der Waals surface area contributed by atoms with E-state index in [-0.39, 0.29) is 12.0 Å². The molecule has 0 atom stereocenters. The van der Waals surface area contributed by atoms with Gasteiger partial charge in [0, 0.05) is 17.3 Å². The SMILES string of the molecule is COc1ccc(C(=O)Nc2ccc(-n3nc(OC(C)C)nc3-c3ccc(C)cc3)cc2)c(OC)c1. The Hall–Kier alpha value is -4.33. The molecule has 35 heavy (non-hydrogen) atoms. The lowest BCUT2D eigenvalue weighted by atomic mass is 10.1. The summed E-state index contributed by atoms with van der Waals surface area (Å²) in [4.78, 5) is 17.5. The summed E-state index contributed by atoms with van der Waals surface area (Å²) in [5.41, 5.74) is 3.91. The molecule has 8 nitrogen and oxygen atoms in total. The molecule has 0 radical (unpaired) electrons. The molecule has 0 fully saturated rings. The minimum absolute atomic E-state index is 0.0516. The van der Waals surface area contributed by atoms with Crippen molar-refractivity contribution in [3.63, 3.8) is 0 Å². The largest absolute Gasteiger partial charge is 0.497 e. The molecule has 1 N–H and O–H groups in total. The average Bonchev–Trinajstić information content (AvgIpc) is 3.27. The van der Waals surface area contributed by atoms with Gasteiger partial charge in [0.15, 0.2) is 5.82 Å². The molecule has 1 heterocycles. The number of nitrogens with zero attached hydrogens (tertiary/aromatic N) is 3. The van der Waals surface area contributed by atoms with Crippen LogP contribution in [0.15, 0.2) is 66.7 Å². The Morgan fingerprint density at radius 2 is 1.66 bits per heavy atom. The first-order valence-corrected chi connectivity index (χ1v) is 11.2. The van der Waals surface area contributed by atoms with E-state index in [1.165, 1.54) is 7.11 Å². The van der Waals surface area contributed by atoms with Crippen molar-refractivity contribution < 1.29 is 19.0 Å².